The van der Waals surface area contributed by atoms with Crippen LogP contribution in [-0.4, -0.2) is 17.1 Å². The van der Waals surface area contributed by atoms with Crippen LogP contribution in [0.3, 0.4) is 0 Å². The van der Waals surface area contributed by atoms with Crippen LogP contribution in [0.25, 0.3) is 0 Å². The summed E-state index contributed by atoms with van der Waals surface area (Å²) in [7, 11) is 1.64. The number of hydrogen-bond donors (Lipinski definition) is 1. The second-order valence-corrected chi connectivity index (χ2v) is 5.06. The molecule has 19 heavy (non-hydrogen) atoms. The van der Waals surface area contributed by atoms with Gasteiger partial charge in [-0.3, -0.25) is 4.84 Å². The van der Waals surface area contributed by atoms with Gasteiger partial charge in [-0.25, -0.2) is 9.97 Å². The third-order valence-electron chi connectivity index (χ3n) is 2.85. The minimum absolute atomic E-state index is 0.719. The number of nitrogens with one attached hydrogen (secondary N) is 1. The number of aromatic nitrogens is 3. The van der Waals surface area contributed by atoms with Gasteiger partial charge in [0.1, 0.15) is 24.4 Å². The SMILES string of the molecule is CO[n+]1ccc(C)c(Nc2nc(C)ncc2Br)c1C. The fourth-order valence-electron chi connectivity index (χ4n) is 1.82. The molecule has 0 amide bonds. The molecule has 0 aromatic carbocycles. The van der Waals surface area contributed by atoms with Crippen molar-refractivity contribution >= 4 is 27.4 Å². The summed E-state index contributed by atoms with van der Waals surface area (Å²) in [5.41, 5.74) is 3.07. The highest BCUT2D eigenvalue weighted by molar-refractivity contribution is 9.10. The summed E-state index contributed by atoms with van der Waals surface area (Å²) >= 11 is 3.45. The molecule has 1 N–H and O–H groups in total. The molecule has 6 heteroatoms. The Labute approximate surface area is 120 Å². The Morgan fingerprint density at radius 3 is 2.74 bits per heavy atom. The lowest BCUT2D eigenvalue weighted by atomic mass is 10.2. The van der Waals surface area contributed by atoms with Crippen molar-refractivity contribution < 1.29 is 9.57 Å². The second-order valence-electron chi connectivity index (χ2n) is 4.21. The molecule has 0 saturated carbocycles. The average molecular weight is 324 g/mol. The van der Waals surface area contributed by atoms with Crippen LogP contribution in [0, 0.1) is 20.8 Å². The van der Waals surface area contributed by atoms with E-state index >= 15 is 0 Å². The highest BCUT2D eigenvalue weighted by Gasteiger charge is 2.17. The Kier molecular flexibility index (Phi) is 3.99. The number of nitrogens with zero attached hydrogens (tertiary/aromatic N) is 3. The van der Waals surface area contributed by atoms with E-state index in [2.05, 4.69) is 31.2 Å². The first-order valence-electron chi connectivity index (χ1n) is 5.85. The fraction of sp³-hybridized carbons (Fsp3) is 0.308. The monoisotopic (exact) mass is 323 g/mol. The van der Waals surface area contributed by atoms with Crippen molar-refractivity contribution in [2.45, 2.75) is 20.8 Å². The predicted octanol–water partition coefficient (Wildman–Crippen LogP) is 2.25. The molecule has 0 aliphatic carbocycles. The van der Waals surface area contributed by atoms with Crippen molar-refractivity contribution in [1.29, 1.82) is 0 Å². The van der Waals surface area contributed by atoms with E-state index in [4.69, 9.17) is 4.84 Å². The second kappa shape index (κ2) is 5.52. The van der Waals surface area contributed by atoms with E-state index in [-0.39, 0.29) is 0 Å². The van der Waals surface area contributed by atoms with Crippen molar-refractivity contribution in [1.82, 2.24) is 9.97 Å². The summed E-state index contributed by atoms with van der Waals surface area (Å²) < 4.78 is 2.53. The molecule has 0 fully saturated rings. The lowest BCUT2D eigenvalue weighted by molar-refractivity contribution is -0.889. The zero-order chi connectivity index (χ0) is 14.0. The van der Waals surface area contributed by atoms with E-state index < -0.39 is 0 Å². The standard InChI is InChI=1S/C13H16BrN4O/c1-8-5-6-18(19-4)9(2)12(8)17-13-11(14)7-15-10(3)16-13/h5-7H,1-4H3,(H,15,16,17)/q+1. The van der Waals surface area contributed by atoms with Crippen LogP contribution in [0.1, 0.15) is 17.1 Å². The summed E-state index contributed by atoms with van der Waals surface area (Å²) in [5, 5.41) is 3.33. The topological polar surface area (TPSA) is 50.9 Å². The molecular formula is C13H16BrN4O+. The first-order valence-corrected chi connectivity index (χ1v) is 6.64. The number of halogens is 1. The number of rotatable bonds is 3. The zero-order valence-corrected chi connectivity index (χ0v) is 12.9. The van der Waals surface area contributed by atoms with Crippen molar-refractivity contribution in [2.75, 3.05) is 12.4 Å². The highest BCUT2D eigenvalue weighted by atomic mass is 79.9. The third-order valence-corrected chi connectivity index (χ3v) is 3.43. The molecule has 0 saturated heterocycles. The summed E-state index contributed by atoms with van der Waals surface area (Å²) in [6.45, 7) is 5.88. The number of pyridine rings is 1. The van der Waals surface area contributed by atoms with Crippen LogP contribution in [0.2, 0.25) is 0 Å². The van der Waals surface area contributed by atoms with E-state index in [1.165, 1.54) is 0 Å². The molecule has 2 rings (SSSR count). The molecule has 100 valence electrons. The largest absolute Gasteiger partial charge is 0.334 e. The predicted molar refractivity (Wildman–Crippen MR) is 76.4 cm³/mol. The molecule has 0 radical (unpaired) electrons. The third kappa shape index (κ3) is 2.84. The van der Waals surface area contributed by atoms with Crippen molar-refractivity contribution in [3.8, 4) is 0 Å². The molecule has 5 nitrogen and oxygen atoms in total. The molecule has 0 bridgehead atoms. The number of hydrogen-bond acceptors (Lipinski definition) is 4. The molecule has 2 heterocycles. The smallest absolute Gasteiger partial charge is 0.254 e. The van der Waals surface area contributed by atoms with E-state index in [0.717, 1.165) is 33.1 Å². The molecule has 2 aromatic rings. The van der Waals surface area contributed by atoms with Gasteiger partial charge in [-0.1, -0.05) is 0 Å². The van der Waals surface area contributed by atoms with E-state index in [9.17, 15) is 0 Å². The van der Waals surface area contributed by atoms with Gasteiger partial charge in [0.25, 0.3) is 5.69 Å². The normalized spacial score (nSPS) is 10.4. The van der Waals surface area contributed by atoms with Crippen molar-refractivity contribution in [3.63, 3.8) is 0 Å². The Hall–Kier alpha value is -1.69. The van der Waals surface area contributed by atoms with Gasteiger partial charge in [0, 0.05) is 23.9 Å². The van der Waals surface area contributed by atoms with E-state index in [1.807, 2.05) is 33.0 Å². The fourth-order valence-corrected chi connectivity index (χ4v) is 2.11. The van der Waals surface area contributed by atoms with Gasteiger partial charge >= 0.3 is 0 Å². The molecule has 2 aromatic heterocycles. The van der Waals surface area contributed by atoms with Crippen LogP contribution >= 0.6 is 15.9 Å². The molecule has 0 spiro atoms. The minimum atomic E-state index is 0.719. The molecule has 0 atom stereocenters. The molecule has 0 aliphatic heterocycles. The summed E-state index contributed by atoms with van der Waals surface area (Å²) in [5.74, 6) is 1.46. The Morgan fingerprint density at radius 2 is 2.05 bits per heavy atom. The van der Waals surface area contributed by atoms with Gasteiger partial charge in [-0.2, -0.15) is 0 Å². The highest BCUT2D eigenvalue weighted by Crippen LogP contribution is 2.25. The van der Waals surface area contributed by atoms with Gasteiger partial charge in [0.05, 0.1) is 4.47 Å². The summed E-state index contributed by atoms with van der Waals surface area (Å²) in [4.78, 5) is 13.8. The summed E-state index contributed by atoms with van der Waals surface area (Å²) in [6, 6.07) is 1.99. The van der Waals surface area contributed by atoms with E-state index in [1.54, 1.807) is 18.0 Å². The Morgan fingerprint density at radius 1 is 1.32 bits per heavy atom. The maximum Gasteiger partial charge on any atom is 0.254 e. The van der Waals surface area contributed by atoms with Crippen LogP contribution in [-0.2, 0) is 0 Å². The Balaban J connectivity index is 2.46. The quantitative estimate of drug-likeness (QED) is 0.880. The van der Waals surface area contributed by atoms with Crippen LogP contribution < -0.4 is 14.9 Å². The first kappa shape index (κ1) is 13.7. The lowest BCUT2D eigenvalue weighted by Crippen LogP contribution is -2.43. The average Bonchev–Trinajstić information content (AvgIpc) is 2.38. The maximum absolute atomic E-state index is 5.26. The minimum Gasteiger partial charge on any atom is -0.334 e. The van der Waals surface area contributed by atoms with Crippen molar-refractivity contribution in [3.05, 3.63) is 40.0 Å². The zero-order valence-electron chi connectivity index (χ0n) is 11.4. The van der Waals surface area contributed by atoms with Gasteiger partial charge in [0.15, 0.2) is 0 Å². The molecule has 0 unspecified atom stereocenters. The van der Waals surface area contributed by atoms with Gasteiger partial charge in [-0.05, 0) is 35.3 Å². The molecule has 0 aliphatic rings. The molecular weight excluding hydrogens is 308 g/mol. The van der Waals surface area contributed by atoms with Crippen molar-refractivity contribution in [2.24, 2.45) is 0 Å². The van der Waals surface area contributed by atoms with Gasteiger partial charge < -0.3 is 5.32 Å². The van der Waals surface area contributed by atoms with Crippen LogP contribution in [0.15, 0.2) is 22.9 Å². The summed E-state index contributed by atoms with van der Waals surface area (Å²) in [6.07, 6.45) is 3.62. The Bertz CT molecular complexity index is 616. The number of anilines is 2. The first-order chi connectivity index (χ1) is 9.02. The van der Waals surface area contributed by atoms with Crippen LogP contribution in [0.4, 0.5) is 11.5 Å². The van der Waals surface area contributed by atoms with Gasteiger partial charge in [0.2, 0.25) is 6.20 Å². The number of aryl methyl sites for hydroxylation is 2. The lowest BCUT2D eigenvalue weighted by Gasteiger charge is -2.11. The van der Waals surface area contributed by atoms with Gasteiger partial charge in [-0.15, -0.1) is 0 Å². The maximum atomic E-state index is 5.26. The van der Waals surface area contributed by atoms with Crippen LogP contribution in [0.5, 0.6) is 0 Å². The van der Waals surface area contributed by atoms with E-state index in [0.29, 0.717) is 0 Å².